The molecule has 22 heavy (non-hydrogen) atoms. The predicted molar refractivity (Wildman–Crippen MR) is 94.6 cm³/mol. The number of benzene rings is 1. The standard InChI is InChI=1S/C17H17N3.C2H6/c1-11-12(2)15-10-18-16(14-8-6-5-7-9-14)19-17(15)20(4)13(11)3;1-2/h5-10H,2H2,1,3-4H3;1-2H3. The molecule has 3 heteroatoms. The van der Waals surface area contributed by atoms with Crippen molar-refractivity contribution in [1.82, 2.24) is 9.97 Å². The summed E-state index contributed by atoms with van der Waals surface area (Å²) in [6.45, 7) is 12.3. The van der Waals surface area contributed by atoms with Crippen molar-refractivity contribution in [3.8, 4) is 11.4 Å². The molecule has 1 aromatic carbocycles. The summed E-state index contributed by atoms with van der Waals surface area (Å²) in [5.74, 6) is 1.67. The van der Waals surface area contributed by atoms with Crippen LogP contribution in [0.15, 0.2) is 54.4 Å². The fraction of sp³-hybridized carbons (Fsp3) is 0.263. The van der Waals surface area contributed by atoms with E-state index in [-0.39, 0.29) is 0 Å². The summed E-state index contributed by atoms with van der Waals surface area (Å²) in [7, 11) is 2.03. The van der Waals surface area contributed by atoms with E-state index < -0.39 is 0 Å². The second-order valence-corrected chi connectivity index (χ2v) is 5.04. The van der Waals surface area contributed by atoms with Crippen molar-refractivity contribution in [2.45, 2.75) is 27.7 Å². The number of nitrogens with zero attached hydrogens (tertiary/aromatic N) is 3. The van der Waals surface area contributed by atoms with Gasteiger partial charge in [-0.2, -0.15) is 0 Å². The molecule has 1 aliphatic heterocycles. The normalized spacial score (nSPS) is 13.5. The van der Waals surface area contributed by atoms with Crippen LogP contribution in [0.5, 0.6) is 0 Å². The van der Waals surface area contributed by atoms with Crippen molar-refractivity contribution in [2.75, 3.05) is 11.9 Å². The summed E-state index contributed by atoms with van der Waals surface area (Å²) in [5.41, 5.74) is 5.42. The van der Waals surface area contributed by atoms with Gasteiger partial charge >= 0.3 is 0 Å². The van der Waals surface area contributed by atoms with Crippen molar-refractivity contribution >= 4 is 11.4 Å². The van der Waals surface area contributed by atoms with Crippen LogP contribution in [-0.4, -0.2) is 17.0 Å². The fourth-order valence-electron chi connectivity index (χ4n) is 2.40. The van der Waals surface area contributed by atoms with Gasteiger partial charge in [-0.3, -0.25) is 0 Å². The van der Waals surface area contributed by atoms with E-state index in [1.807, 2.05) is 57.4 Å². The highest BCUT2D eigenvalue weighted by molar-refractivity contribution is 5.88. The molecule has 1 aromatic heterocycles. The van der Waals surface area contributed by atoms with Crippen molar-refractivity contribution in [2.24, 2.45) is 0 Å². The third kappa shape index (κ3) is 2.67. The molecule has 0 radical (unpaired) electrons. The van der Waals surface area contributed by atoms with E-state index >= 15 is 0 Å². The highest BCUT2D eigenvalue weighted by atomic mass is 15.2. The first kappa shape index (κ1) is 16.0. The molecule has 0 N–H and O–H groups in total. The highest BCUT2D eigenvalue weighted by Gasteiger charge is 2.23. The van der Waals surface area contributed by atoms with Crippen LogP contribution >= 0.6 is 0 Å². The third-order valence-corrected chi connectivity index (χ3v) is 3.94. The predicted octanol–water partition coefficient (Wildman–Crippen LogP) is 4.93. The Morgan fingerprint density at radius 1 is 1.05 bits per heavy atom. The largest absolute Gasteiger partial charge is 0.333 e. The van der Waals surface area contributed by atoms with E-state index in [4.69, 9.17) is 4.98 Å². The summed E-state index contributed by atoms with van der Waals surface area (Å²) in [4.78, 5) is 11.3. The van der Waals surface area contributed by atoms with Crippen LogP contribution in [0.3, 0.4) is 0 Å². The average Bonchev–Trinajstić information content (AvgIpc) is 2.60. The molecule has 0 fully saturated rings. The van der Waals surface area contributed by atoms with E-state index in [9.17, 15) is 0 Å². The number of allylic oxidation sites excluding steroid dienone is 3. The van der Waals surface area contributed by atoms with Crippen LogP contribution in [-0.2, 0) is 0 Å². The van der Waals surface area contributed by atoms with E-state index in [1.54, 1.807) is 0 Å². The summed E-state index contributed by atoms with van der Waals surface area (Å²) < 4.78 is 0. The zero-order valence-electron chi connectivity index (χ0n) is 14.0. The van der Waals surface area contributed by atoms with Crippen LogP contribution in [0, 0.1) is 0 Å². The van der Waals surface area contributed by atoms with Crippen molar-refractivity contribution in [1.29, 1.82) is 0 Å². The van der Waals surface area contributed by atoms with Crippen LogP contribution < -0.4 is 4.90 Å². The first-order valence-electron chi connectivity index (χ1n) is 7.63. The lowest BCUT2D eigenvalue weighted by Crippen LogP contribution is -2.23. The van der Waals surface area contributed by atoms with Gasteiger partial charge in [0.1, 0.15) is 5.82 Å². The van der Waals surface area contributed by atoms with E-state index in [0.717, 1.165) is 28.3 Å². The van der Waals surface area contributed by atoms with Crippen LogP contribution in [0.1, 0.15) is 33.3 Å². The van der Waals surface area contributed by atoms with Gasteiger partial charge in [0.25, 0.3) is 0 Å². The highest BCUT2D eigenvalue weighted by Crippen LogP contribution is 2.37. The zero-order valence-corrected chi connectivity index (χ0v) is 14.0. The molecular formula is C19H23N3. The molecule has 3 rings (SSSR count). The molecule has 3 nitrogen and oxygen atoms in total. The van der Waals surface area contributed by atoms with Crippen LogP contribution in [0.2, 0.25) is 0 Å². The van der Waals surface area contributed by atoms with Crippen molar-refractivity contribution < 1.29 is 0 Å². The Balaban J connectivity index is 0.000000847. The Bertz CT molecular complexity index is 715. The second-order valence-electron chi connectivity index (χ2n) is 5.04. The molecule has 2 aromatic rings. The van der Waals surface area contributed by atoms with Gasteiger partial charge in [0.2, 0.25) is 0 Å². The maximum Gasteiger partial charge on any atom is 0.161 e. The van der Waals surface area contributed by atoms with Gasteiger partial charge in [-0.1, -0.05) is 50.8 Å². The molecule has 0 amide bonds. The molecule has 0 atom stereocenters. The number of aromatic nitrogens is 2. The maximum atomic E-state index is 4.72. The van der Waals surface area contributed by atoms with Crippen LogP contribution in [0.25, 0.3) is 17.0 Å². The lowest BCUT2D eigenvalue weighted by molar-refractivity contribution is 0.985. The molecule has 0 unspecified atom stereocenters. The first-order chi connectivity index (χ1) is 10.6. The maximum absolute atomic E-state index is 4.72. The molecule has 0 saturated carbocycles. The zero-order chi connectivity index (χ0) is 16.3. The second kappa shape index (κ2) is 6.56. The Labute approximate surface area is 133 Å². The molecular weight excluding hydrogens is 270 g/mol. The van der Waals surface area contributed by atoms with E-state index in [1.165, 1.54) is 11.3 Å². The molecule has 0 spiro atoms. The minimum atomic E-state index is 0.747. The topological polar surface area (TPSA) is 29.0 Å². The van der Waals surface area contributed by atoms with Gasteiger partial charge in [0.05, 0.1) is 0 Å². The fourth-order valence-corrected chi connectivity index (χ4v) is 2.40. The van der Waals surface area contributed by atoms with E-state index in [0.29, 0.717) is 0 Å². The number of fused-ring (bicyclic) bond motifs is 1. The van der Waals surface area contributed by atoms with Gasteiger partial charge < -0.3 is 4.90 Å². The van der Waals surface area contributed by atoms with Gasteiger partial charge in [-0.25, -0.2) is 9.97 Å². The third-order valence-electron chi connectivity index (χ3n) is 3.94. The molecule has 0 bridgehead atoms. The van der Waals surface area contributed by atoms with Gasteiger partial charge in [-0.05, 0) is 25.0 Å². The van der Waals surface area contributed by atoms with Gasteiger partial charge in [0, 0.05) is 30.1 Å². The molecule has 114 valence electrons. The lowest BCUT2D eigenvalue weighted by Gasteiger charge is -2.30. The summed E-state index contributed by atoms with van der Waals surface area (Å²) in [6.07, 6.45) is 1.87. The molecule has 0 saturated heterocycles. The van der Waals surface area contributed by atoms with Gasteiger partial charge in [-0.15, -0.1) is 0 Å². The number of hydrogen-bond acceptors (Lipinski definition) is 3. The van der Waals surface area contributed by atoms with Crippen molar-refractivity contribution in [3.05, 3.63) is 59.9 Å². The molecule has 0 aliphatic carbocycles. The van der Waals surface area contributed by atoms with Crippen LogP contribution in [0.4, 0.5) is 5.82 Å². The smallest absolute Gasteiger partial charge is 0.161 e. The Kier molecular flexibility index (Phi) is 4.76. The van der Waals surface area contributed by atoms with Crippen molar-refractivity contribution in [3.63, 3.8) is 0 Å². The molecule has 1 aliphatic rings. The molecule has 2 heterocycles. The quantitative estimate of drug-likeness (QED) is 0.746. The average molecular weight is 293 g/mol. The summed E-state index contributed by atoms with van der Waals surface area (Å²) in [6, 6.07) is 10.0. The number of hydrogen-bond donors (Lipinski definition) is 0. The Morgan fingerprint density at radius 3 is 2.32 bits per heavy atom. The number of anilines is 1. The number of rotatable bonds is 1. The SMILES string of the molecule is C=C1C(C)=C(C)N(C)c2nc(-c3ccccc3)ncc21.CC. The minimum absolute atomic E-state index is 0.747. The summed E-state index contributed by atoms with van der Waals surface area (Å²) >= 11 is 0. The van der Waals surface area contributed by atoms with E-state index in [2.05, 4.69) is 30.3 Å². The summed E-state index contributed by atoms with van der Waals surface area (Å²) in [5, 5.41) is 0. The van der Waals surface area contributed by atoms with Gasteiger partial charge in [0.15, 0.2) is 5.82 Å². The lowest BCUT2D eigenvalue weighted by atomic mass is 9.96. The monoisotopic (exact) mass is 293 g/mol. The minimum Gasteiger partial charge on any atom is -0.333 e. The Hall–Kier alpha value is -2.42. The Morgan fingerprint density at radius 2 is 1.68 bits per heavy atom. The first-order valence-corrected chi connectivity index (χ1v) is 7.63.